The second kappa shape index (κ2) is 13.2. The molecule has 0 bridgehead atoms. The van der Waals surface area contributed by atoms with Crippen molar-refractivity contribution in [2.75, 3.05) is 33.8 Å². The molecule has 0 saturated heterocycles. The van der Waals surface area contributed by atoms with E-state index in [-0.39, 0.29) is 30.7 Å². The number of ether oxygens (including phenoxy) is 1. The monoisotopic (exact) mass is 393 g/mol. The zero-order chi connectivity index (χ0) is 17.3. The molecule has 3 N–H and O–H groups in total. The first-order valence-electron chi connectivity index (χ1n) is 8.32. The highest BCUT2D eigenvalue weighted by molar-refractivity contribution is 5.85. The topological polar surface area (TPSA) is 67.6 Å². The minimum Gasteiger partial charge on any atom is -0.492 e. The molecule has 0 saturated carbocycles. The maximum absolute atomic E-state index is 12.4. The van der Waals surface area contributed by atoms with E-state index >= 15 is 0 Å². The molecule has 5 nitrogen and oxygen atoms in total. The summed E-state index contributed by atoms with van der Waals surface area (Å²) in [4.78, 5) is 14.5. The predicted molar refractivity (Wildman–Crippen MR) is 109 cm³/mol. The lowest BCUT2D eigenvalue weighted by Crippen LogP contribution is -2.45. The molecule has 0 spiro atoms. The maximum atomic E-state index is 12.4. The number of amides is 1. The van der Waals surface area contributed by atoms with E-state index in [4.69, 9.17) is 10.5 Å². The lowest BCUT2D eigenvalue weighted by Gasteiger charge is -2.28. The summed E-state index contributed by atoms with van der Waals surface area (Å²) in [5.74, 6) is 0.886. The van der Waals surface area contributed by atoms with E-state index in [1.807, 2.05) is 52.2 Å². The van der Waals surface area contributed by atoms with Crippen LogP contribution >= 0.6 is 24.8 Å². The van der Waals surface area contributed by atoms with E-state index in [0.717, 1.165) is 30.7 Å². The molecule has 1 rings (SSSR count). The third-order valence-corrected chi connectivity index (χ3v) is 4.41. The normalized spacial score (nSPS) is 10.6. The van der Waals surface area contributed by atoms with E-state index in [9.17, 15) is 4.79 Å². The molecule has 0 fully saturated rings. The van der Waals surface area contributed by atoms with E-state index < -0.39 is 5.41 Å². The van der Waals surface area contributed by atoms with Crippen LogP contribution in [0.25, 0.3) is 0 Å². The third-order valence-electron chi connectivity index (χ3n) is 4.41. The van der Waals surface area contributed by atoms with E-state index in [1.54, 1.807) is 0 Å². The van der Waals surface area contributed by atoms with E-state index in [0.29, 0.717) is 19.7 Å². The quantitative estimate of drug-likeness (QED) is 0.641. The van der Waals surface area contributed by atoms with Crippen LogP contribution in [0.15, 0.2) is 24.3 Å². The standard InChI is InChI=1S/C18H31N3O2.2ClH/c1-5-18(6-2,14-19)17(22)20-13-15-7-9-16(10-8-15)23-12-11-21(3)4;;/h7-10H,5-6,11-14,19H2,1-4H3,(H,20,22);2*1H. The van der Waals surface area contributed by atoms with Crippen LogP contribution in [-0.4, -0.2) is 44.6 Å². The maximum Gasteiger partial charge on any atom is 0.227 e. The largest absolute Gasteiger partial charge is 0.492 e. The fourth-order valence-corrected chi connectivity index (χ4v) is 2.37. The summed E-state index contributed by atoms with van der Waals surface area (Å²) in [6.45, 7) is 6.46. The Morgan fingerprint density at radius 3 is 2.16 bits per heavy atom. The molecule has 7 heteroatoms. The molecule has 0 aliphatic heterocycles. The highest BCUT2D eigenvalue weighted by Gasteiger charge is 2.32. The van der Waals surface area contributed by atoms with Gasteiger partial charge in [-0.25, -0.2) is 0 Å². The van der Waals surface area contributed by atoms with Crippen LogP contribution in [0.3, 0.4) is 0 Å². The number of nitrogens with two attached hydrogens (primary N) is 1. The molecule has 0 unspecified atom stereocenters. The summed E-state index contributed by atoms with van der Waals surface area (Å²) >= 11 is 0. The lowest BCUT2D eigenvalue weighted by molar-refractivity contribution is -0.131. The van der Waals surface area contributed by atoms with Crippen molar-refractivity contribution in [1.29, 1.82) is 0 Å². The van der Waals surface area contributed by atoms with Crippen LogP contribution in [0.2, 0.25) is 0 Å². The van der Waals surface area contributed by atoms with Gasteiger partial charge in [0, 0.05) is 19.6 Å². The van der Waals surface area contributed by atoms with Gasteiger partial charge < -0.3 is 20.7 Å². The summed E-state index contributed by atoms with van der Waals surface area (Å²) in [5.41, 5.74) is 6.41. The zero-order valence-electron chi connectivity index (χ0n) is 15.7. The Bertz CT molecular complexity index is 469. The van der Waals surface area contributed by atoms with Gasteiger partial charge in [-0.3, -0.25) is 4.79 Å². The summed E-state index contributed by atoms with van der Waals surface area (Å²) < 4.78 is 5.66. The molecule has 0 atom stereocenters. The number of likely N-dealkylation sites (N-methyl/N-ethyl adjacent to an activating group) is 1. The van der Waals surface area contributed by atoms with Crippen LogP contribution in [0.1, 0.15) is 32.3 Å². The smallest absolute Gasteiger partial charge is 0.227 e. The molecule has 1 aromatic carbocycles. The molecule has 0 aliphatic rings. The Kier molecular flexibility index (Phi) is 13.9. The SMILES string of the molecule is CCC(CC)(CN)C(=O)NCc1ccc(OCCN(C)C)cc1.Cl.Cl. The summed E-state index contributed by atoms with van der Waals surface area (Å²) in [6, 6.07) is 7.83. The third kappa shape index (κ3) is 8.27. The Balaban J connectivity index is 0. The van der Waals surface area contributed by atoms with Gasteiger partial charge in [-0.1, -0.05) is 26.0 Å². The fourth-order valence-electron chi connectivity index (χ4n) is 2.37. The predicted octanol–water partition coefficient (Wildman–Crippen LogP) is 2.85. The minimum atomic E-state index is -0.449. The van der Waals surface area contributed by atoms with Gasteiger partial charge in [0.1, 0.15) is 12.4 Å². The number of carbonyl (C=O) groups excluding carboxylic acids is 1. The fraction of sp³-hybridized carbons (Fsp3) is 0.611. The number of nitrogens with zero attached hydrogens (tertiary/aromatic N) is 1. The number of carbonyl (C=O) groups is 1. The highest BCUT2D eigenvalue weighted by atomic mass is 35.5. The number of rotatable bonds is 10. The second-order valence-electron chi connectivity index (χ2n) is 6.17. The van der Waals surface area contributed by atoms with E-state index in [2.05, 4.69) is 10.2 Å². The first-order chi connectivity index (χ1) is 11.0. The van der Waals surface area contributed by atoms with Crippen molar-refractivity contribution in [2.24, 2.45) is 11.1 Å². The van der Waals surface area contributed by atoms with E-state index in [1.165, 1.54) is 0 Å². The number of halogens is 2. The van der Waals surface area contributed by atoms with Crippen LogP contribution in [0.5, 0.6) is 5.75 Å². The summed E-state index contributed by atoms with van der Waals surface area (Å²) in [5, 5.41) is 3.00. The number of nitrogens with one attached hydrogen (secondary N) is 1. The van der Waals surface area contributed by atoms with Gasteiger partial charge in [0.25, 0.3) is 0 Å². The van der Waals surface area contributed by atoms with Crippen molar-refractivity contribution in [3.05, 3.63) is 29.8 Å². The van der Waals surface area contributed by atoms with Gasteiger partial charge in [-0.15, -0.1) is 24.8 Å². The molecule has 0 aromatic heterocycles. The first-order valence-corrected chi connectivity index (χ1v) is 8.32. The van der Waals surface area contributed by atoms with Gasteiger partial charge in [0.05, 0.1) is 5.41 Å². The first kappa shape index (κ1) is 26.2. The molecule has 0 heterocycles. The Morgan fingerprint density at radius 1 is 1.16 bits per heavy atom. The van der Waals surface area contributed by atoms with Crippen molar-refractivity contribution in [3.63, 3.8) is 0 Å². The van der Waals surface area contributed by atoms with Gasteiger partial charge in [0.2, 0.25) is 5.91 Å². The highest BCUT2D eigenvalue weighted by Crippen LogP contribution is 2.25. The number of benzene rings is 1. The molecule has 146 valence electrons. The van der Waals surface area contributed by atoms with Gasteiger partial charge in [0.15, 0.2) is 0 Å². The van der Waals surface area contributed by atoms with Crippen LogP contribution < -0.4 is 15.8 Å². The number of hydrogen-bond acceptors (Lipinski definition) is 4. The molecule has 25 heavy (non-hydrogen) atoms. The van der Waals surface area contributed by atoms with Crippen molar-refractivity contribution in [1.82, 2.24) is 10.2 Å². The Labute approximate surface area is 164 Å². The minimum absolute atomic E-state index is 0. The Hall–Kier alpha value is -1.01. The average Bonchev–Trinajstić information content (AvgIpc) is 2.56. The summed E-state index contributed by atoms with van der Waals surface area (Å²) in [6.07, 6.45) is 1.51. The molecular weight excluding hydrogens is 361 g/mol. The molecule has 1 aromatic rings. The molecular formula is C18H33Cl2N3O2. The second-order valence-corrected chi connectivity index (χ2v) is 6.17. The van der Waals surface area contributed by atoms with Gasteiger partial charge in [-0.05, 0) is 44.6 Å². The molecule has 1 amide bonds. The zero-order valence-corrected chi connectivity index (χ0v) is 17.3. The van der Waals surface area contributed by atoms with Crippen LogP contribution in [-0.2, 0) is 11.3 Å². The van der Waals surface area contributed by atoms with Crippen LogP contribution in [0, 0.1) is 5.41 Å². The average molecular weight is 394 g/mol. The van der Waals surface area contributed by atoms with Crippen molar-refractivity contribution in [2.45, 2.75) is 33.2 Å². The van der Waals surface area contributed by atoms with Gasteiger partial charge >= 0.3 is 0 Å². The molecule has 0 aliphatic carbocycles. The number of hydrogen-bond donors (Lipinski definition) is 2. The summed E-state index contributed by atoms with van der Waals surface area (Å²) in [7, 11) is 4.03. The van der Waals surface area contributed by atoms with Crippen molar-refractivity contribution < 1.29 is 9.53 Å². The Morgan fingerprint density at radius 2 is 1.72 bits per heavy atom. The van der Waals surface area contributed by atoms with Crippen molar-refractivity contribution >= 4 is 30.7 Å². The van der Waals surface area contributed by atoms with Gasteiger partial charge in [-0.2, -0.15) is 0 Å². The van der Waals surface area contributed by atoms with Crippen molar-refractivity contribution in [3.8, 4) is 5.75 Å². The van der Waals surface area contributed by atoms with Crippen LogP contribution in [0.4, 0.5) is 0 Å². The molecule has 0 radical (unpaired) electrons. The lowest BCUT2D eigenvalue weighted by atomic mass is 9.81.